The van der Waals surface area contributed by atoms with Gasteiger partial charge in [-0.25, -0.2) is 33.7 Å². The van der Waals surface area contributed by atoms with Gasteiger partial charge in [-0.05, 0) is 72.8 Å². The van der Waals surface area contributed by atoms with Gasteiger partial charge in [-0.1, -0.05) is 103 Å². The van der Waals surface area contributed by atoms with E-state index in [1.165, 1.54) is 24.3 Å². The van der Waals surface area contributed by atoms with Crippen molar-refractivity contribution in [1.82, 2.24) is 34.1 Å². The molecule has 0 N–H and O–H groups in total. The topological polar surface area (TPSA) is 74.3 Å². The Kier molecular flexibility index (Phi) is 8.03. The molecule has 7 aromatic carbocycles. The second kappa shape index (κ2) is 13.6. The van der Waals surface area contributed by atoms with Gasteiger partial charge in [0.1, 0.15) is 23.3 Å². The monoisotopic (exact) mass is 729 g/mol. The zero-order valence-electron chi connectivity index (χ0n) is 29.6. The molecule has 7 nitrogen and oxygen atoms in total. The third-order valence-corrected chi connectivity index (χ3v) is 9.68. The van der Waals surface area contributed by atoms with Crippen molar-refractivity contribution in [3.05, 3.63) is 188 Å². The summed E-state index contributed by atoms with van der Waals surface area (Å²) in [5.41, 5.74) is 8.65. The van der Waals surface area contributed by atoms with E-state index in [1.807, 2.05) is 149 Å². The highest BCUT2D eigenvalue weighted by Crippen LogP contribution is 2.34. The predicted molar refractivity (Wildman–Crippen MR) is 216 cm³/mol. The van der Waals surface area contributed by atoms with Crippen LogP contribution in [0, 0.1) is 11.6 Å². The van der Waals surface area contributed by atoms with E-state index in [0.29, 0.717) is 40.2 Å². The second-order valence-electron chi connectivity index (χ2n) is 13.3. The van der Waals surface area contributed by atoms with Crippen molar-refractivity contribution in [2.45, 2.75) is 0 Å². The lowest BCUT2D eigenvalue weighted by atomic mass is 10.1. The zero-order valence-corrected chi connectivity index (χ0v) is 29.6. The number of fused-ring (bicyclic) bond motifs is 2. The smallest absolute Gasteiger partial charge is 0.164 e. The summed E-state index contributed by atoms with van der Waals surface area (Å²) >= 11 is 0. The van der Waals surface area contributed by atoms with Crippen molar-refractivity contribution >= 4 is 22.1 Å². The van der Waals surface area contributed by atoms with Gasteiger partial charge in [-0.15, -0.1) is 0 Å². The van der Waals surface area contributed by atoms with Crippen LogP contribution in [0.25, 0.3) is 90.4 Å². The molecule has 0 saturated heterocycles. The molecule has 0 unspecified atom stereocenters. The first kappa shape index (κ1) is 33.0. The number of hydrogen-bond donors (Lipinski definition) is 0. The van der Waals surface area contributed by atoms with E-state index in [2.05, 4.69) is 0 Å². The predicted octanol–water partition coefficient (Wildman–Crippen LogP) is 11.2. The van der Waals surface area contributed by atoms with Crippen LogP contribution in [0.2, 0.25) is 0 Å². The Hall–Kier alpha value is -7.65. The van der Waals surface area contributed by atoms with Crippen molar-refractivity contribution in [3.63, 3.8) is 0 Å². The molecule has 0 saturated carbocycles. The van der Waals surface area contributed by atoms with Crippen molar-refractivity contribution in [3.8, 4) is 68.3 Å². The van der Waals surface area contributed by atoms with Crippen LogP contribution in [-0.2, 0) is 0 Å². The van der Waals surface area contributed by atoms with Gasteiger partial charge >= 0.3 is 0 Å². The van der Waals surface area contributed by atoms with Crippen LogP contribution in [0.4, 0.5) is 8.78 Å². The van der Waals surface area contributed by atoms with E-state index in [1.54, 1.807) is 12.1 Å². The highest BCUT2D eigenvalue weighted by Gasteiger charge is 2.19. The highest BCUT2D eigenvalue weighted by atomic mass is 19.1. The number of aromatic nitrogens is 7. The molecule has 9 heteroatoms. The van der Waals surface area contributed by atoms with Gasteiger partial charge in [0, 0.05) is 39.2 Å². The summed E-state index contributed by atoms with van der Waals surface area (Å²) in [5.74, 6) is 2.03. The number of imidazole rings is 2. The SMILES string of the molecule is Fc1cccc(-c2nc3ccccc3n2-c2cccc(-c3nc(-c4ccccc4)nc(-c4cccc(-n5c(-c6cccc(F)c6)nc6ccccc65)c4)n3)c2)c1. The Labute approximate surface area is 319 Å². The van der Waals surface area contributed by atoms with Crippen LogP contribution in [0.5, 0.6) is 0 Å². The number of halogens is 2. The molecule has 56 heavy (non-hydrogen) atoms. The molecule has 0 aliphatic rings. The number of para-hydroxylation sites is 4. The zero-order chi connectivity index (χ0) is 37.6. The number of benzene rings is 7. The van der Waals surface area contributed by atoms with Gasteiger partial charge < -0.3 is 0 Å². The first-order valence-corrected chi connectivity index (χ1v) is 18.1. The van der Waals surface area contributed by atoms with Crippen LogP contribution in [0.1, 0.15) is 0 Å². The Morgan fingerprint density at radius 3 is 1.20 bits per heavy atom. The van der Waals surface area contributed by atoms with Crippen molar-refractivity contribution in [1.29, 1.82) is 0 Å². The summed E-state index contributed by atoms with van der Waals surface area (Å²) in [6, 6.07) is 54.3. The number of hydrogen-bond acceptors (Lipinski definition) is 5. The second-order valence-corrected chi connectivity index (χ2v) is 13.3. The average molecular weight is 730 g/mol. The molecule has 0 aliphatic carbocycles. The molecule has 266 valence electrons. The van der Waals surface area contributed by atoms with Gasteiger partial charge in [0.15, 0.2) is 17.5 Å². The lowest BCUT2D eigenvalue weighted by Gasteiger charge is -2.13. The van der Waals surface area contributed by atoms with E-state index >= 15 is 0 Å². The molecule has 10 aromatic rings. The van der Waals surface area contributed by atoms with Crippen molar-refractivity contribution in [2.24, 2.45) is 0 Å². The van der Waals surface area contributed by atoms with Gasteiger partial charge in [0.05, 0.1) is 22.1 Å². The Morgan fingerprint density at radius 1 is 0.321 bits per heavy atom. The normalized spacial score (nSPS) is 11.4. The lowest BCUT2D eigenvalue weighted by Crippen LogP contribution is -2.03. The summed E-state index contributed by atoms with van der Waals surface area (Å²) in [4.78, 5) is 24.9. The van der Waals surface area contributed by atoms with Crippen LogP contribution in [-0.4, -0.2) is 34.1 Å². The first-order chi connectivity index (χ1) is 27.6. The Morgan fingerprint density at radius 2 is 0.714 bits per heavy atom. The van der Waals surface area contributed by atoms with E-state index in [9.17, 15) is 8.78 Å². The van der Waals surface area contributed by atoms with Crippen LogP contribution < -0.4 is 0 Å². The fraction of sp³-hybridized carbons (Fsp3) is 0. The third-order valence-electron chi connectivity index (χ3n) is 9.68. The molecule has 0 aliphatic heterocycles. The summed E-state index contributed by atoms with van der Waals surface area (Å²) in [5, 5.41) is 0. The molecule has 0 fully saturated rings. The van der Waals surface area contributed by atoms with Crippen molar-refractivity contribution in [2.75, 3.05) is 0 Å². The van der Waals surface area contributed by atoms with Gasteiger partial charge in [0.2, 0.25) is 0 Å². The molecule has 10 rings (SSSR count). The van der Waals surface area contributed by atoms with Gasteiger partial charge in [-0.2, -0.15) is 0 Å². The molecule has 3 aromatic heterocycles. The quantitative estimate of drug-likeness (QED) is 0.163. The molecule has 0 amide bonds. The summed E-state index contributed by atoms with van der Waals surface area (Å²) in [7, 11) is 0. The van der Waals surface area contributed by atoms with Gasteiger partial charge in [0.25, 0.3) is 0 Å². The van der Waals surface area contributed by atoms with Crippen LogP contribution >= 0.6 is 0 Å². The molecule has 3 heterocycles. The lowest BCUT2D eigenvalue weighted by molar-refractivity contribution is 0.627. The minimum absolute atomic E-state index is 0.337. The fourth-order valence-corrected chi connectivity index (χ4v) is 7.14. The number of rotatable bonds is 7. The molecule has 0 radical (unpaired) electrons. The molecule has 0 atom stereocenters. The average Bonchev–Trinajstić information content (AvgIpc) is 3.84. The summed E-state index contributed by atoms with van der Waals surface area (Å²) in [6.07, 6.45) is 0. The summed E-state index contributed by atoms with van der Waals surface area (Å²) < 4.78 is 33.0. The standard InChI is InChI=1S/C47H29F2N7/c48-35-18-8-16-33(26-35)46-50-39-22-4-6-24-41(39)55(46)37-20-10-14-31(28-37)44-52-43(30-12-2-1-3-13-30)53-45(54-44)32-15-11-21-38(29-32)56-42-25-7-5-23-40(42)51-47(56)34-17-9-19-36(49)27-34/h1-29H. The largest absolute Gasteiger partial charge is 0.292 e. The molecular weight excluding hydrogens is 701 g/mol. The maximum absolute atomic E-state index is 14.5. The number of nitrogens with zero attached hydrogens (tertiary/aromatic N) is 7. The third kappa shape index (κ3) is 5.97. The molecule has 0 spiro atoms. The van der Waals surface area contributed by atoms with Crippen molar-refractivity contribution < 1.29 is 8.78 Å². The molecule has 0 bridgehead atoms. The van der Waals surface area contributed by atoms with E-state index < -0.39 is 0 Å². The molecular formula is C47H29F2N7. The van der Waals surface area contributed by atoms with E-state index in [-0.39, 0.29) is 11.6 Å². The fourth-order valence-electron chi connectivity index (χ4n) is 7.14. The van der Waals surface area contributed by atoms with E-state index in [4.69, 9.17) is 24.9 Å². The van der Waals surface area contributed by atoms with Crippen LogP contribution in [0.15, 0.2) is 176 Å². The minimum Gasteiger partial charge on any atom is -0.292 e. The highest BCUT2D eigenvalue weighted by molar-refractivity contribution is 5.85. The van der Waals surface area contributed by atoms with Crippen LogP contribution in [0.3, 0.4) is 0 Å². The van der Waals surface area contributed by atoms with Gasteiger partial charge in [-0.3, -0.25) is 9.13 Å². The minimum atomic E-state index is -0.337. The maximum Gasteiger partial charge on any atom is 0.164 e. The Balaban J connectivity index is 1.14. The maximum atomic E-state index is 14.5. The first-order valence-electron chi connectivity index (χ1n) is 18.1. The van der Waals surface area contributed by atoms with E-state index in [0.717, 1.165) is 50.1 Å². The summed E-state index contributed by atoms with van der Waals surface area (Å²) in [6.45, 7) is 0. The Bertz CT molecular complexity index is 2890.